The molecule has 0 unspecified atom stereocenters. The third-order valence-electron chi connectivity index (χ3n) is 2.41. The molecular formula is C13H14BrN3O. The molecule has 94 valence electrons. The summed E-state index contributed by atoms with van der Waals surface area (Å²) in [5.41, 5.74) is 7.40. The first-order chi connectivity index (χ1) is 8.70. The van der Waals surface area contributed by atoms with E-state index in [0.717, 1.165) is 23.0 Å². The highest BCUT2D eigenvalue weighted by atomic mass is 79.9. The van der Waals surface area contributed by atoms with Gasteiger partial charge in [0.05, 0.1) is 4.47 Å². The zero-order valence-corrected chi connectivity index (χ0v) is 11.6. The molecule has 1 aromatic carbocycles. The van der Waals surface area contributed by atoms with E-state index < -0.39 is 0 Å². The number of nitrogens with two attached hydrogens (primary N) is 1. The monoisotopic (exact) mass is 307 g/mol. The number of rotatable bonds is 4. The summed E-state index contributed by atoms with van der Waals surface area (Å²) >= 11 is 3.39. The molecule has 0 fully saturated rings. The van der Waals surface area contributed by atoms with Crippen LogP contribution in [0.15, 0.2) is 35.1 Å². The van der Waals surface area contributed by atoms with Gasteiger partial charge < -0.3 is 10.5 Å². The SMILES string of the molecule is CCCc1cc(Oc2cccc(N)c2Br)ncn1. The van der Waals surface area contributed by atoms with Crippen molar-refractivity contribution in [2.24, 2.45) is 0 Å². The Bertz CT molecular complexity index is 546. The van der Waals surface area contributed by atoms with Gasteiger partial charge in [0.1, 0.15) is 12.1 Å². The lowest BCUT2D eigenvalue weighted by Crippen LogP contribution is -1.95. The van der Waals surface area contributed by atoms with E-state index >= 15 is 0 Å². The number of hydrogen-bond donors (Lipinski definition) is 1. The van der Waals surface area contributed by atoms with Gasteiger partial charge in [0.25, 0.3) is 0 Å². The van der Waals surface area contributed by atoms with Crippen molar-refractivity contribution in [3.63, 3.8) is 0 Å². The summed E-state index contributed by atoms with van der Waals surface area (Å²) in [5.74, 6) is 1.18. The van der Waals surface area contributed by atoms with Crippen molar-refractivity contribution < 1.29 is 4.74 Å². The second-order valence-corrected chi connectivity index (χ2v) is 4.65. The van der Waals surface area contributed by atoms with Crippen molar-refractivity contribution in [2.45, 2.75) is 19.8 Å². The summed E-state index contributed by atoms with van der Waals surface area (Å²) in [4.78, 5) is 8.28. The Hall–Kier alpha value is -1.62. The molecule has 0 aliphatic carbocycles. The first-order valence-corrected chi connectivity index (χ1v) is 6.52. The summed E-state index contributed by atoms with van der Waals surface area (Å²) < 4.78 is 6.44. The van der Waals surface area contributed by atoms with E-state index in [1.165, 1.54) is 6.33 Å². The van der Waals surface area contributed by atoms with Gasteiger partial charge in [0.2, 0.25) is 5.88 Å². The van der Waals surface area contributed by atoms with Crippen LogP contribution in [0.1, 0.15) is 19.0 Å². The lowest BCUT2D eigenvalue weighted by Gasteiger charge is -2.08. The van der Waals surface area contributed by atoms with Crippen LogP contribution in [0.4, 0.5) is 5.69 Å². The average Bonchev–Trinajstić information content (AvgIpc) is 2.36. The minimum absolute atomic E-state index is 0.528. The molecule has 0 aliphatic heterocycles. The van der Waals surface area contributed by atoms with Crippen molar-refractivity contribution in [1.82, 2.24) is 9.97 Å². The maximum atomic E-state index is 5.79. The zero-order chi connectivity index (χ0) is 13.0. The molecule has 0 bridgehead atoms. The first-order valence-electron chi connectivity index (χ1n) is 5.73. The number of benzene rings is 1. The predicted molar refractivity (Wildman–Crippen MR) is 74.7 cm³/mol. The molecule has 2 aromatic rings. The Morgan fingerprint density at radius 2 is 2.17 bits per heavy atom. The number of ether oxygens (including phenoxy) is 1. The van der Waals surface area contributed by atoms with Gasteiger partial charge in [0.15, 0.2) is 0 Å². The van der Waals surface area contributed by atoms with E-state index in [1.807, 2.05) is 18.2 Å². The highest BCUT2D eigenvalue weighted by Gasteiger charge is 2.07. The number of halogens is 1. The van der Waals surface area contributed by atoms with Gasteiger partial charge in [-0.3, -0.25) is 0 Å². The predicted octanol–water partition coefficient (Wildman–Crippen LogP) is 3.57. The Labute approximate surface area is 114 Å². The van der Waals surface area contributed by atoms with E-state index in [0.29, 0.717) is 17.3 Å². The van der Waals surface area contributed by atoms with Gasteiger partial charge >= 0.3 is 0 Å². The Morgan fingerprint density at radius 1 is 1.33 bits per heavy atom. The number of aryl methyl sites for hydroxylation is 1. The molecule has 5 heteroatoms. The van der Waals surface area contributed by atoms with Crippen molar-refractivity contribution in [3.05, 3.63) is 40.8 Å². The Kier molecular flexibility index (Phi) is 4.15. The summed E-state index contributed by atoms with van der Waals surface area (Å²) in [5, 5.41) is 0. The Balaban J connectivity index is 2.23. The first kappa shape index (κ1) is 12.8. The van der Waals surface area contributed by atoms with Crippen molar-refractivity contribution in [3.8, 4) is 11.6 Å². The van der Waals surface area contributed by atoms with Gasteiger partial charge in [-0.05, 0) is 34.5 Å². The molecule has 0 amide bonds. The van der Waals surface area contributed by atoms with Crippen LogP contribution in [0.3, 0.4) is 0 Å². The molecule has 2 rings (SSSR count). The summed E-state index contributed by atoms with van der Waals surface area (Å²) in [6.07, 6.45) is 3.47. The highest BCUT2D eigenvalue weighted by Crippen LogP contribution is 2.33. The largest absolute Gasteiger partial charge is 0.438 e. The summed E-state index contributed by atoms with van der Waals surface area (Å²) in [7, 11) is 0. The van der Waals surface area contributed by atoms with Gasteiger partial charge in [-0.1, -0.05) is 19.4 Å². The molecule has 4 nitrogen and oxygen atoms in total. The minimum atomic E-state index is 0.528. The van der Waals surface area contributed by atoms with Crippen molar-refractivity contribution >= 4 is 21.6 Å². The van der Waals surface area contributed by atoms with E-state index in [2.05, 4.69) is 32.8 Å². The topological polar surface area (TPSA) is 61.0 Å². The molecule has 0 saturated heterocycles. The molecule has 18 heavy (non-hydrogen) atoms. The van der Waals surface area contributed by atoms with Crippen molar-refractivity contribution in [2.75, 3.05) is 5.73 Å². The van der Waals surface area contributed by atoms with Crippen LogP contribution in [0, 0.1) is 0 Å². The maximum absolute atomic E-state index is 5.79. The normalized spacial score (nSPS) is 10.3. The summed E-state index contributed by atoms with van der Waals surface area (Å²) in [6.45, 7) is 2.11. The molecule has 0 radical (unpaired) electrons. The van der Waals surface area contributed by atoms with Crippen LogP contribution >= 0.6 is 15.9 Å². The molecule has 0 aliphatic rings. The van der Waals surface area contributed by atoms with E-state index in [9.17, 15) is 0 Å². The number of nitrogens with zero attached hydrogens (tertiary/aromatic N) is 2. The Morgan fingerprint density at radius 3 is 2.94 bits per heavy atom. The van der Waals surface area contributed by atoms with Crippen molar-refractivity contribution in [1.29, 1.82) is 0 Å². The second kappa shape index (κ2) is 5.82. The lowest BCUT2D eigenvalue weighted by molar-refractivity contribution is 0.457. The van der Waals surface area contributed by atoms with Crippen LogP contribution < -0.4 is 10.5 Å². The molecule has 0 atom stereocenters. The van der Waals surface area contributed by atoms with Gasteiger partial charge in [-0.2, -0.15) is 0 Å². The summed E-state index contributed by atoms with van der Waals surface area (Å²) in [6, 6.07) is 7.32. The zero-order valence-electron chi connectivity index (χ0n) is 10.1. The third-order valence-corrected chi connectivity index (χ3v) is 3.26. The van der Waals surface area contributed by atoms with E-state index in [-0.39, 0.29) is 0 Å². The number of aromatic nitrogens is 2. The van der Waals surface area contributed by atoms with Crippen LogP contribution in [0.5, 0.6) is 11.6 Å². The minimum Gasteiger partial charge on any atom is -0.438 e. The molecular weight excluding hydrogens is 294 g/mol. The van der Waals surface area contributed by atoms with Gasteiger partial charge in [-0.25, -0.2) is 9.97 Å². The van der Waals surface area contributed by atoms with Crippen LogP contribution in [-0.2, 0) is 6.42 Å². The van der Waals surface area contributed by atoms with Crippen LogP contribution in [-0.4, -0.2) is 9.97 Å². The quantitative estimate of drug-likeness (QED) is 0.877. The molecule has 0 spiro atoms. The molecule has 2 N–H and O–H groups in total. The third kappa shape index (κ3) is 2.98. The fourth-order valence-electron chi connectivity index (χ4n) is 1.54. The standard InChI is InChI=1S/C13H14BrN3O/c1-2-4-9-7-12(17-8-16-9)18-11-6-3-5-10(15)13(11)14/h3,5-8H,2,4,15H2,1H3. The maximum Gasteiger partial charge on any atom is 0.222 e. The van der Waals surface area contributed by atoms with Crippen LogP contribution in [0.25, 0.3) is 0 Å². The lowest BCUT2D eigenvalue weighted by atomic mass is 10.2. The second-order valence-electron chi connectivity index (χ2n) is 3.86. The van der Waals surface area contributed by atoms with Crippen LogP contribution in [0.2, 0.25) is 0 Å². The fraction of sp³-hybridized carbons (Fsp3) is 0.231. The molecule has 0 saturated carbocycles. The van der Waals surface area contributed by atoms with Gasteiger partial charge in [0, 0.05) is 17.4 Å². The number of hydrogen-bond acceptors (Lipinski definition) is 4. The number of anilines is 1. The average molecular weight is 308 g/mol. The highest BCUT2D eigenvalue weighted by molar-refractivity contribution is 9.10. The molecule has 1 heterocycles. The van der Waals surface area contributed by atoms with E-state index in [4.69, 9.17) is 10.5 Å². The smallest absolute Gasteiger partial charge is 0.222 e. The fourth-order valence-corrected chi connectivity index (χ4v) is 1.89. The van der Waals surface area contributed by atoms with Gasteiger partial charge in [-0.15, -0.1) is 0 Å². The molecule has 1 aromatic heterocycles. The number of nitrogen functional groups attached to an aromatic ring is 1. The van der Waals surface area contributed by atoms with E-state index in [1.54, 1.807) is 6.07 Å².